The number of benzene rings is 1. The highest BCUT2D eigenvalue weighted by molar-refractivity contribution is 5.48. The summed E-state index contributed by atoms with van der Waals surface area (Å²) in [6, 6.07) is 10.4. The highest BCUT2D eigenvalue weighted by atomic mass is 16.3. The van der Waals surface area contributed by atoms with Crippen molar-refractivity contribution in [2.45, 2.75) is 12.8 Å². The summed E-state index contributed by atoms with van der Waals surface area (Å²) in [7, 11) is 0. The Labute approximate surface area is 122 Å². The molecule has 0 radical (unpaired) electrons. The number of hydrogen-bond acceptors (Lipinski definition) is 3. The molecular weight excluding hydrogens is 248 g/mol. The van der Waals surface area contributed by atoms with E-state index in [-0.39, 0.29) is 6.61 Å². The highest BCUT2D eigenvalue weighted by Gasteiger charge is 2.17. The standard InChI is InChI=1S/C17H26N2O/c20-14-13-19-11-8-17(9-12-19)15-18-10-4-7-16-5-2-1-3-6-16/h1-7,17-18,20H,8-15H2/b7-4+. The number of aliphatic hydroxyl groups excluding tert-OH is 1. The summed E-state index contributed by atoms with van der Waals surface area (Å²) in [4.78, 5) is 2.35. The second-order valence-electron chi connectivity index (χ2n) is 5.48. The van der Waals surface area contributed by atoms with Gasteiger partial charge in [-0.1, -0.05) is 42.5 Å². The van der Waals surface area contributed by atoms with Gasteiger partial charge >= 0.3 is 0 Å². The average Bonchev–Trinajstić information content (AvgIpc) is 2.50. The average molecular weight is 274 g/mol. The van der Waals surface area contributed by atoms with Crippen LogP contribution >= 0.6 is 0 Å². The maximum Gasteiger partial charge on any atom is 0.0558 e. The number of piperidine rings is 1. The second kappa shape index (κ2) is 8.90. The lowest BCUT2D eigenvalue weighted by atomic mass is 9.97. The zero-order valence-electron chi connectivity index (χ0n) is 12.2. The van der Waals surface area contributed by atoms with Crippen molar-refractivity contribution >= 4 is 6.08 Å². The summed E-state index contributed by atoms with van der Waals surface area (Å²) in [6.45, 7) is 5.42. The molecule has 0 aliphatic carbocycles. The van der Waals surface area contributed by atoms with Gasteiger partial charge in [-0.05, 0) is 44.0 Å². The fourth-order valence-electron chi connectivity index (χ4n) is 2.69. The number of rotatable bonds is 7. The van der Waals surface area contributed by atoms with Crippen LogP contribution in [-0.2, 0) is 0 Å². The Hall–Kier alpha value is -1.16. The number of aliphatic hydroxyl groups is 1. The van der Waals surface area contributed by atoms with Crippen LogP contribution in [0.2, 0.25) is 0 Å². The molecule has 20 heavy (non-hydrogen) atoms. The van der Waals surface area contributed by atoms with Gasteiger partial charge in [0.05, 0.1) is 6.61 Å². The Morgan fingerprint density at radius 3 is 2.65 bits per heavy atom. The van der Waals surface area contributed by atoms with E-state index >= 15 is 0 Å². The number of nitrogens with one attached hydrogen (secondary N) is 1. The number of nitrogens with zero attached hydrogens (tertiary/aromatic N) is 1. The van der Waals surface area contributed by atoms with Gasteiger partial charge in [0.2, 0.25) is 0 Å². The van der Waals surface area contributed by atoms with E-state index in [0.29, 0.717) is 0 Å². The second-order valence-corrected chi connectivity index (χ2v) is 5.48. The first kappa shape index (κ1) is 15.2. The largest absolute Gasteiger partial charge is 0.395 e. The predicted octanol–water partition coefficient (Wildman–Crippen LogP) is 1.99. The van der Waals surface area contributed by atoms with E-state index in [4.69, 9.17) is 5.11 Å². The smallest absolute Gasteiger partial charge is 0.0558 e. The summed E-state index contributed by atoms with van der Waals surface area (Å²) in [5.74, 6) is 0.787. The Kier molecular flexibility index (Phi) is 6.78. The molecule has 1 aromatic rings. The molecule has 3 nitrogen and oxygen atoms in total. The first-order chi connectivity index (χ1) is 9.88. The van der Waals surface area contributed by atoms with Crippen molar-refractivity contribution in [2.24, 2.45) is 5.92 Å². The van der Waals surface area contributed by atoms with Crippen LogP contribution in [-0.4, -0.2) is 49.3 Å². The lowest BCUT2D eigenvalue weighted by Crippen LogP contribution is -2.38. The van der Waals surface area contributed by atoms with E-state index in [0.717, 1.165) is 38.6 Å². The molecule has 0 unspecified atom stereocenters. The van der Waals surface area contributed by atoms with Crippen molar-refractivity contribution in [2.75, 3.05) is 39.3 Å². The summed E-state index contributed by atoms with van der Waals surface area (Å²) in [6.07, 6.45) is 6.85. The van der Waals surface area contributed by atoms with Gasteiger partial charge in [-0.3, -0.25) is 0 Å². The molecule has 1 aromatic carbocycles. The van der Waals surface area contributed by atoms with Gasteiger partial charge in [-0.2, -0.15) is 0 Å². The van der Waals surface area contributed by atoms with E-state index in [2.05, 4.69) is 46.6 Å². The molecule has 110 valence electrons. The van der Waals surface area contributed by atoms with Crippen LogP contribution in [0.4, 0.5) is 0 Å². The van der Waals surface area contributed by atoms with Gasteiger partial charge in [-0.15, -0.1) is 0 Å². The lowest BCUT2D eigenvalue weighted by Gasteiger charge is -2.31. The molecule has 1 saturated heterocycles. The third-order valence-corrected chi connectivity index (χ3v) is 3.93. The number of β-amino-alcohol motifs (C(OH)–C–C–N with tert-alkyl or cyclic N) is 1. The molecule has 1 aliphatic heterocycles. The van der Waals surface area contributed by atoms with Crippen molar-refractivity contribution in [3.05, 3.63) is 42.0 Å². The first-order valence-electron chi connectivity index (χ1n) is 7.64. The Morgan fingerprint density at radius 2 is 1.95 bits per heavy atom. The van der Waals surface area contributed by atoms with Crippen molar-refractivity contribution in [1.82, 2.24) is 10.2 Å². The summed E-state index contributed by atoms with van der Waals surface area (Å²) < 4.78 is 0. The van der Waals surface area contributed by atoms with E-state index in [1.807, 2.05) is 6.07 Å². The van der Waals surface area contributed by atoms with Gasteiger partial charge in [0.25, 0.3) is 0 Å². The Balaban J connectivity index is 1.57. The summed E-state index contributed by atoms with van der Waals surface area (Å²) in [5.41, 5.74) is 1.26. The molecule has 1 fully saturated rings. The van der Waals surface area contributed by atoms with E-state index in [9.17, 15) is 0 Å². The van der Waals surface area contributed by atoms with Gasteiger partial charge in [0, 0.05) is 13.1 Å². The molecule has 0 aromatic heterocycles. The SMILES string of the molecule is OCCN1CCC(CNC/C=C/c2ccccc2)CC1. The van der Waals surface area contributed by atoms with Gasteiger partial charge < -0.3 is 15.3 Å². The molecule has 0 amide bonds. The van der Waals surface area contributed by atoms with Gasteiger partial charge in [0.15, 0.2) is 0 Å². The van der Waals surface area contributed by atoms with Crippen LogP contribution in [0.1, 0.15) is 18.4 Å². The predicted molar refractivity (Wildman–Crippen MR) is 84.6 cm³/mol. The third kappa shape index (κ3) is 5.45. The zero-order valence-corrected chi connectivity index (χ0v) is 12.2. The van der Waals surface area contributed by atoms with E-state index in [1.165, 1.54) is 18.4 Å². The molecular formula is C17H26N2O. The van der Waals surface area contributed by atoms with Crippen molar-refractivity contribution in [3.63, 3.8) is 0 Å². The number of hydrogen-bond donors (Lipinski definition) is 2. The Morgan fingerprint density at radius 1 is 1.20 bits per heavy atom. The molecule has 0 saturated carbocycles. The molecule has 0 bridgehead atoms. The maximum absolute atomic E-state index is 8.92. The normalized spacial score (nSPS) is 17.9. The van der Waals surface area contributed by atoms with Crippen LogP contribution in [0.25, 0.3) is 6.08 Å². The van der Waals surface area contributed by atoms with Crippen molar-refractivity contribution < 1.29 is 5.11 Å². The molecule has 1 aliphatic rings. The minimum atomic E-state index is 0.285. The fraction of sp³-hybridized carbons (Fsp3) is 0.529. The van der Waals surface area contributed by atoms with Crippen LogP contribution in [0.15, 0.2) is 36.4 Å². The minimum Gasteiger partial charge on any atom is -0.395 e. The summed E-state index contributed by atoms with van der Waals surface area (Å²) in [5, 5.41) is 12.4. The van der Waals surface area contributed by atoms with Crippen molar-refractivity contribution in [1.29, 1.82) is 0 Å². The highest BCUT2D eigenvalue weighted by Crippen LogP contribution is 2.15. The molecule has 0 spiro atoms. The van der Waals surface area contributed by atoms with Crippen LogP contribution in [0, 0.1) is 5.92 Å². The van der Waals surface area contributed by atoms with Gasteiger partial charge in [-0.25, -0.2) is 0 Å². The maximum atomic E-state index is 8.92. The topological polar surface area (TPSA) is 35.5 Å². The Bertz CT molecular complexity index is 383. The zero-order chi connectivity index (χ0) is 14.0. The van der Waals surface area contributed by atoms with Crippen molar-refractivity contribution in [3.8, 4) is 0 Å². The molecule has 0 atom stereocenters. The first-order valence-corrected chi connectivity index (χ1v) is 7.64. The van der Waals surface area contributed by atoms with E-state index in [1.54, 1.807) is 0 Å². The summed E-state index contributed by atoms with van der Waals surface area (Å²) >= 11 is 0. The molecule has 1 heterocycles. The molecule has 2 rings (SSSR count). The van der Waals surface area contributed by atoms with E-state index < -0.39 is 0 Å². The monoisotopic (exact) mass is 274 g/mol. The van der Waals surface area contributed by atoms with Crippen LogP contribution in [0.5, 0.6) is 0 Å². The number of likely N-dealkylation sites (tertiary alicyclic amines) is 1. The fourth-order valence-corrected chi connectivity index (χ4v) is 2.69. The molecule has 3 heteroatoms. The lowest BCUT2D eigenvalue weighted by molar-refractivity contribution is 0.147. The molecule has 2 N–H and O–H groups in total. The van der Waals surface area contributed by atoms with Crippen LogP contribution in [0.3, 0.4) is 0 Å². The van der Waals surface area contributed by atoms with Crippen LogP contribution < -0.4 is 5.32 Å². The quantitative estimate of drug-likeness (QED) is 0.747. The third-order valence-electron chi connectivity index (χ3n) is 3.93. The van der Waals surface area contributed by atoms with Gasteiger partial charge in [0.1, 0.15) is 0 Å². The minimum absolute atomic E-state index is 0.285.